The molecule has 0 radical (unpaired) electrons. The molecule has 4 nitrogen and oxygen atoms in total. The number of carbonyl (C=O) groups excluding carboxylic acids is 2. The van der Waals surface area contributed by atoms with Crippen LogP contribution in [0, 0.1) is 22.6 Å². The number of benzene rings is 1. The smallest absolute Gasteiger partial charge is 0.390 e. The molecule has 0 unspecified atom stereocenters. The highest BCUT2D eigenvalue weighted by atomic mass is 127. The highest BCUT2D eigenvalue weighted by Crippen LogP contribution is 2.29. The van der Waals surface area contributed by atoms with Crippen molar-refractivity contribution in [1.82, 2.24) is 0 Å². The number of carboxylic acid groups (broad SMARTS) is 1. The number of hydrogen-bond acceptors (Lipinski definition) is 4. The Labute approximate surface area is 138 Å². The fourth-order valence-corrected chi connectivity index (χ4v) is 4.65. The Kier molecular flexibility index (Phi) is 5.93. The van der Waals surface area contributed by atoms with Gasteiger partial charge in [-0.3, -0.25) is 0 Å². The third-order valence-electron chi connectivity index (χ3n) is 1.42. The maximum atomic E-state index is 11.2. The zero-order valence-electron chi connectivity index (χ0n) is 7.92. The average Bonchev–Trinajstić information content (AvgIpc) is 2.20. The van der Waals surface area contributed by atoms with Gasteiger partial charge in [0, 0.05) is 9.49 Å². The second-order valence-corrected chi connectivity index (χ2v) is 6.20. The maximum absolute atomic E-state index is 11.2. The summed E-state index contributed by atoms with van der Waals surface area (Å²) in [5, 5.41) is 10.0. The molecule has 0 aliphatic rings. The molecule has 0 saturated carbocycles. The first-order chi connectivity index (χ1) is 7.90. The van der Waals surface area contributed by atoms with Gasteiger partial charge in [0.2, 0.25) is 0 Å². The van der Waals surface area contributed by atoms with Gasteiger partial charge in [0.15, 0.2) is 5.75 Å². The zero-order chi connectivity index (χ0) is 13.0. The van der Waals surface area contributed by atoms with Crippen molar-refractivity contribution in [1.29, 1.82) is 0 Å². The number of halogens is 3. The maximum Gasteiger partial charge on any atom is 0.390 e. The third kappa shape index (κ3) is 4.96. The van der Waals surface area contributed by atoms with Crippen LogP contribution < -0.4 is 9.84 Å². The lowest BCUT2D eigenvalue weighted by atomic mass is 10.3. The van der Waals surface area contributed by atoms with E-state index in [0.29, 0.717) is 5.75 Å². The van der Waals surface area contributed by atoms with Crippen LogP contribution in [0.4, 0.5) is 0 Å². The molecule has 0 fully saturated rings. The molecular formula is C10H2I3O4-. The Hall–Kier alpha value is -0.0900. The van der Waals surface area contributed by atoms with E-state index in [9.17, 15) is 14.7 Å². The largest absolute Gasteiger partial charge is 0.537 e. The fraction of sp³-hybridized carbons (Fsp3) is 0. The summed E-state index contributed by atoms with van der Waals surface area (Å²) in [5.74, 6) is 1.25. The van der Waals surface area contributed by atoms with Gasteiger partial charge in [0.05, 0.1) is 7.14 Å². The van der Waals surface area contributed by atoms with Gasteiger partial charge in [-0.1, -0.05) is 0 Å². The van der Waals surface area contributed by atoms with E-state index >= 15 is 0 Å². The van der Waals surface area contributed by atoms with E-state index in [4.69, 9.17) is 4.74 Å². The Morgan fingerprint density at radius 3 is 2.12 bits per heavy atom. The van der Waals surface area contributed by atoms with Crippen LogP contribution in [0.1, 0.15) is 0 Å². The molecule has 1 aromatic carbocycles. The van der Waals surface area contributed by atoms with Crippen molar-refractivity contribution in [2.45, 2.75) is 0 Å². The number of ether oxygens (including phenoxy) is 1. The molecule has 0 spiro atoms. The molecule has 17 heavy (non-hydrogen) atoms. The van der Waals surface area contributed by atoms with Crippen molar-refractivity contribution in [3.8, 4) is 17.6 Å². The van der Waals surface area contributed by atoms with Crippen molar-refractivity contribution >= 4 is 79.7 Å². The summed E-state index contributed by atoms with van der Waals surface area (Å²) in [6, 6.07) is 3.66. The molecule has 0 atom stereocenters. The predicted molar refractivity (Wildman–Crippen MR) is 83.0 cm³/mol. The molecule has 1 aromatic rings. The van der Waals surface area contributed by atoms with Crippen molar-refractivity contribution in [3.63, 3.8) is 0 Å². The van der Waals surface area contributed by atoms with Gasteiger partial charge in [-0.15, -0.1) is 0 Å². The lowest BCUT2D eigenvalue weighted by Gasteiger charge is -2.06. The first-order valence-electron chi connectivity index (χ1n) is 3.99. The summed E-state index contributed by atoms with van der Waals surface area (Å²) in [4.78, 5) is 21.2. The highest BCUT2D eigenvalue weighted by molar-refractivity contribution is 14.1. The summed E-state index contributed by atoms with van der Waals surface area (Å²) >= 11 is 6.19. The molecule has 0 aromatic heterocycles. The standard InChI is InChI=1S/C10H3I3O4/c11-5-3-6(12)10(7(13)4-5)17-9(16)2-1-8(14)15/h3-4H,(H,14,15)/p-1. The second kappa shape index (κ2) is 6.74. The number of hydrogen-bond donors (Lipinski definition) is 0. The van der Waals surface area contributed by atoms with Crippen LogP contribution in [0.5, 0.6) is 5.75 Å². The third-order valence-corrected chi connectivity index (χ3v) is 3.65. The van der Waals surface area contributed by atoms with Gasteiger partial charge in [0.1, 0.15) is 5.97 Å². The van der Waals surface area contributed by atoms with E-state index in [1.54, 1.807) is 5.92 Å². The van der Waals surface area contributed by atoms with Crippen LogP contribution in [-0.2, 0) is 9.59 Å². The van der Waals surface area contributed by atoms with Crippen LogP contribution >= 0.6 is 67.8 Å². The molecule has 0 saturated heterocycles. The van der Waals surface area contributed by atoms with Gasteiger partial charge in [-0.05, 0) is 85.8 Å². The minimum atomic E-state index is -1.62. The van der Waals surface area contributed by atoms with E-state index in [1.165, 1.54) is 0 Å². The Morgan fingerprint density at radius 2 is 1.65 bits per heavy atom. The van der Waals surface area contributed by atoms with Crippen molar-refractivity contribution < 1.29 is 19.4 Å². The summed E-state index contributed by atoms with van der Waals surface area (Å²) in [7, 11) is 0. The monoisotopic (exact) mass is 567 g/mol. The van der Waals surface area contributed by atoms with E-state index in [-0.39, 0.29) is 0 Å². The highest BCUT2D eigenvalue weighted by Gasteiger charge is 2.11. The number of esters is 1. The number of aliphatic carboxylic acids is 1. The molecule has 0 aliphatic heterocycles. The van der Waals surface area contributed by atoms with Crippen LogP contribution in [0.15, 0.2) is 12.1 Å². The van der Waals surface area contributed by atoms with Crippen molar-refractivity contribution in [2.75, 3.05) is 0 Å². The Morgan fingerprint density at radius 1 is 1.12 bits per heavy atom. The van der Waals surface area contributed by atoms with E-state index in [0.717, 1.165) is 10.7 Å². The van der Waals surface area contributed by atoms with E-state index in [1.807, 2.05) is 63.2 Å². The van der Waals surface area contributed by atoms with Crippen LogP contribution in [-0.4, -0.2) is 11.9 Å². The zero-order valence-corrected chi connectivity index (χ0v) is 14.4. The minimum absolute atomic E-state index is 0.379. The summed E-state index contributed by atoms with van der Waals surface area (Å²) in [6.07, 6.45) is 0. The fourth-order valence-electron chi connectivity index (χ4n) is 0.847. The quantitative estimate of drug-likeness (QED) is 0.168. The number of carbonyl (C=O) groups is 2. The van der Waals surface area contributed by atoms with Crippen LogP contribution in [0.2, 0.25) is 0 Å². The molecule has 0 aliphatic carbocycles. The summed E-state index contributed by atoms with van der Waals surface area (Å²) in [5.41, 5.74) is 0. The van der Waals surface area contributed by atoms with Gasteiger partial charge >= 0.3 is 5.97 Å². The first-order valence-corrected chi connectivity index (χ1v) is 7.23. The second-order valence-electron chi connectivity index (χ2n) is 2.63. The summed E-state index contributed by atoms with van der Waals surface area (Å²) in [6.45, 7) is 0. The molecule has 1 rings (SSSR count). The van der Waals surface area contributed by atoms with Gasteiger partial charge in [-0.25, -0.2) is 4.79 Å². The molecule has 0 bridgehead atoms. The SMILES string of the molecule is O=C([O-])C#CC(=O)Oc1c(I)cc(I)cc1I. The molecular weight excluding hydrogens is 565 g/mol. The molecule has 7 heteroatoms. The van der Waals surface area contributed by atoms with Crippen molar-refractivity contribution in [3.05, 3.63) is 22.8 Å². The topological polar surface area (TPSA) is 66.4 Å². The van der Waals surface area contributed by atoms with Gasteiger partial charge < -0.3 is 14.6 Å². The van der Waals surface area contributed by atoms with Crippen LogP contribution in [0.3, 0.4) is 0 Å². The lowest BCUT2D eigenvalue weighted by molar-refractivity contribution is -0.295. The summed E-state index contributed by atoms with van der Waals surface area (Å²) < 4.78 is 7.48. The number of rotatable bonds is 1. The molecule has 0 amide bonds. The van der Waals surface area contributed by atoms with E-state index < -0.39 is 11.9 Å². The molecule has 0 heterocycles. The normalized spacial score (nSPS) is 9.12. The first kappa shape index (κ1) is 15.0. The lowest BCUT2D eigenvalue weighted by Crippen LogP contribution is -2.20. The Balaban J connectivity index is 2.94. The van der Waals surface area contributed by atoms with Crippen molar-refractivity contribution in [2.24, 2.45) is 0 Å². The van der Waals surface area contributed by atoms with Gasteiger partial charge in [0.25, 0.3) is 0 Å². The predicted octanol–water partition coefficient (Wildman–Crippen LogP) is 1.16. The van der Waals surface area contributed by atoms with Crippen LogP contribution in [0.25, 0.3) is 0 Å². The average molecular weight is 567 g/mol. The van der Waals surface area contributed by atoms with Gasteiger partial charge in [-0.2, -0.15) is 0 Å². The molecule has 0 N–H and O–H groups in total. The Bertz CT molecular complexity index is 519. The minimum Gasteiger partial charge on any atom is -0.537 e. The van der Waals surface area contributed by atoms with E-state index in [2.05, 4.69) is 22.6 Å². The molecule has 88 valence electrons. The number of carboxylic acids is 1.